The van der Waals surface area contributed by atoms with Gasteiger partial charge in [0.1, 0.15) is 18.3 Å². The molecule has 0 fully saturated rings. The maximum Gasteiger partial charge on any atom is 0.264 e. The molecule has 3 rings (SSSR count). The number of hydrogen-bond donors (Lipinski definition) is 1. The highest BCUT2D eigenvalue weighted by Gasteiger charge is 2.34. The van der Waals surface area contributed by atoms with Crippen LogP contribution in [0.5, 0.6) is 17.2 Å². The van der Waals surface area contributed by atoms with E-state index in [0.29, 0.717) is 31.1 Å². The first kappa shape index (κ1) is 34.2. The molecule has 2 amide bonds. The minimum Gasteiger partial charge on any atom is -0.494 e. The molecule has 10 nitrogen and oxygen atoms in total. The van der Waals surface area contributed by atoms with Crippen molar-refractivity contribution in [2.45, 2.75) is 58.0 Å². The summed E-state index contributed by atoms with van der Waals surface area (Å²) in [6.45, 7) is 8.07. The van der Waals surface area contributed by atoms with Gasteiger partial charge in [-0.2, -0.15) is 0 Å². The summed E-state index contributed by atoms with van der Waals surface area (Å²) in [7, 11) is -1.43. The molecule has 1 atom stereocenters. The molecular formula is C33H43N3O7S. The molecule has 0 aromatic heterocycles. The molecule has 11 heteroatoms. The van der Waals surface area contributed by atoms with Crippen LogP contribution in [0, 0.1) is 6.92 Å². The Bertz CT molecular complexity index is 1510. The first-order valence-electron chi connectivity index (χ1n) is 14.7. The lowest BCUT2D eigenvalue weighted by Gasteiger charge is -2.33. The summed E-state index contributed by atoms with van der Waals surface area (Å²) >= 11 is 0. The smallest absolute Gasteiger partial charge is 0.264 e. The number of methoxy groups -OCH3 is 2. The van der Waals surface area contributed by atoms with Gasteiger partial charge in [-0.25, -0.2) is 8.42 Å². The van der Waals surface area contributed by atoms with E-state index in [-0.39, 0.29) is 28.8 Å². The molecule has 0 aliphatic carbocycles. The lowest BCUT2D eigenvalue weighted by molar-refractivity contribution is -0.140. The van der Waals surface area contributed by atoms with Gasteiger partial charge in [-0.05, 0) is 68.7 Å². The monoisotopic (exact) mass is 625 g/mol. The predicted molar refractivity (Wildman–Crippen MR) is 171 cm³/mol. The summed E-state index contributed by atoms with van der Waals surface area (Å²) in [5.74, 6) is 0.342. The van der Waals surface area contributed by atoms with Crippen molar-refractivity contribution < 1.29 is 32.2 Å². The van der Waals surface area contributed by atoms with Crippen molar-refractivity contribution >= 4 is 27.5 Å². The van der Waals surface area contributed by atoms with Gasteiger partial charge in [-0.1, -0.05) is 43.7 Å². The highest BCUT2D eigenvalue weighted by molar-refractivity contribution is 7.92. The number of anilines is 1. The highest BCUT2D eigenvalue weighted by Crippen LogP contribution is 2.33. The number of carbonyl (C=O) groups is 2. The summed E-state index contributed by atoms with van der Waals surface area (Å²) in [6.07, 6.45) is 1.08. The van der Waals surface area contributed by atoms with Gasteiger partial charge in [0.15, 0.2) is 11.5 Å². The molecule has 0 heterocycles. The average Bonchev–Trinajstić information content (AvgIpc) is 3.02. The Balaban J connectivity index is 2.10. The molecule has 3 aromatic carbocycles. The number of sulfonamides is 1. The maximum atomic E-state index is 14.2. The van der Waals surface area contributed by atoms with Crippen molar-refractivity contribution in [2.24, 2.45) is 0 Å². The van der Waals surface area contributed by atoms with E-state index in [0.717, 1.165) is 21.9 Å². The summed E-state index contributed by atoms with van der Waals surface area (Å²) in [4.78, 5) is 28.9. The minimum atomic E-state index is -4.30. The van der Waals surface area contributed by atoms with E-state index in [1.54, 1.807) is 24.3 Å². The van der Waals surface area contributed by atoms with Crippen molar-refractivity contribution in [1.29, 1.82) is 0 Å². The first-order valence-corrected chi connectivity index (χ1v) is 16.1. The Labute approximate surface area is 261 Å². The molecule has 0 radical (unpaired) electrons. The van der Waals surface area contributed by atoms with Crippen molar-refractivity contribution in [3.8, 4) is 17.2 Å². The Kier molecular flexibility index (Phi) is 12.5. The van der Waals surface area contributed by atoms with Crippen LogP contribution in [-0.2, 0) is 26.2 Å². The van der Waals surface area contributed by atoms with Crippen LogP contribution in [-0.4, -0.2) is 65.1 Å². The van der Waals surface area contributed by atoms with Gasteiger partial charge >= 0.3 is 0 Å². The van der Waals surface area contributed by atoms with Crippen molar-refractivity contribution in [2.75, 3.05) is 38.2 Å². The lowest BCUT2D eigenvalue weighted by atomic mass is 10.1. The molecule has 0 saturated carbocycles. The molecule has 0 aliphatic heterocycles. The Morgan fingerprint density at radius 1 is 0.909 bits per heavy atom. The fourth-order valence-electron chi connectivity index (χ4n) is 4.80. The molecule has 0 bridgehead atoms. The first-order chi connectivity index (χ1) is 21.1. The molecule has 3 aromatic rings. The van der Waals surface area contributed by atoms with Crippen LogP contribution in [0.15, 0.2) is 71.6 Å². The molecule has 0 unspecified atom stereocenters. The van der Waals surface area contributed by atoms with Crippen LogP contribution in [0.25, 0.3) is 0 Å². The van der Waals surface area contributed by atoms with Crippen molar-refractivity contribution in [3.05, 3.63) is 77.9 Å². The zero-order valence-electron chi connectivity index (χ0n) is 26.3. The number of ether oxygens (including phenoxy) is 3. The average molecular weight is 626 g/mol. The minimum absolute atomic E-state index is 0.0881. The molecule has 0 spiro atoms. The zero-order valence-corrected chi connectivity index (χ0v) is 27.1. The van der Waals surface area contributed by atoms with Gasteiger partial charge in [0.25, 0.3) is 10.0 Å². The molecule has 238 valence electrons. The number of carbonyl (C=O) groups excluding carboxylic acids is 2. The number of nitrogens with one attached hydrogen (secondary N) is 1. The number of hydrogen-bond acceptors (Lipinski definition) is 7. The fraction of sp³-hybridized carbons (Fsp3) is 0.394. The van der Waals surface area contributed by atoms with E-state index in [2.05, 4.69) is 5.32 Å². The summed E-state index contributed by atoms with van der Waals surface area (Å²) < 4.78 is 45.7. The summed E-state index contributed by atoms with van der Waals surface area (Å²) in [5, 5.41) is 2.89. The number of rotatable bonds is 16. The standard InChI is InChI=1S/C33H43N3O7S/c1-7-19-34-33(38)29(8-2)35(22-25-12-10-11-24(4)20-25)32(37)23-36(26-13-15-27(16-14-26)43-9-3)44(39,40)28-17-18-30(41-5)31(21-28)42-6/h10-18,20-21,29H,7-9,19,22-23H2,1-6H3,(H,34,38)/t29-/m0/s1. The zero-order chi connectivity index (χ0) is 32.3. The van der Waals surface area contributed by atoms with Gasteiger partial charge in [-0.15, -0.1) is 0 Å². The normalized spacial score (nSPS) is 11.8. The van der Waals surface area contributed by atoms with Gasteiger partial charge in [0.2, 0.25) is 11.8 Å². The number of amides is 2. The fourth-order valence-corrected chi connectivity index (χ4v) is 6.23. The third kappa shape index (κ3) is 8.43. The third-order valence-electron chi connectivity index (χ3n) is 7.03. The van der Waals surface area contributed by atoms with Gasteiger partial charge < -0.3 is 24.4 Å². The van der Waals surface area contributed by atoms with E-state index in [4.69, 9.17) is 14.2 Å². The third-order valence-corrected chi connectivity index (χ3v) is 8.80. The van der Waals surface area contributed by atoms with Crippen LogP contribution in [0.2, 0.25) is 0 Å². The summed E-state index contributed by atoms with van der Waals surface area (Å²) in [6, 6.07) is 17.6. The van der Waals surface area contributed by atoms with Crippen LogP contribution >= 0.6 is 0 Å². The van der Waals surface area contributed by atoms with Crippen molar-refractivity contribution in [1.82, 2.24) is 10.2 Å². The molecular weight excluding hydrogens is 582 g/mol. The number of nitrogens with zero attached hydrogens (tertiary/aromatic N) is 2. The number of benzene rings is 3. The van der Waals surface area contributed by atoms with Crippen LogP contribution in [0.4, 0.5) is 5.69 Å². The second-order valence-electron chi connectivity index (χ2n) is 10.2. The van der Waals surface area contributed by atoms with E-state index >= 15 is 0 Å². The molecule has 1 N–H and O–H groups in total. The molecule has 0 aliphatic rings. The highest BCUT2D eigenvalue weighted by atomic mass is 32.2. The summed E-state index contributed by atoms with van der Waals surface area (Å²) in [5.41, 5.74) is 2.09. The SMILES string of the molecule is CCCNC(=O)[C@H](CC)N(Cc1cccc(C)c1)C(=O)CN(c1ccc(OCC)cc1)S(=O)(=O)c1ccc(OC)c(OC)c1. The quantitative estimate of drug-likeness (QED) is 0.240. The topological polar surface area (TPSA) is 114 Å². The van der Waals surface area contributed by atoms with E-state index in [9.17, 15) is 18.0 Å². The van der Waals surface area contributed by atoms with Gasteiger partial charge in [0, 0.05) is 19.2 Å². The van der Waals surface area contributed by atoms with E-state index in [1.807, 2.05) is 52.0 Å². The van der Waals surface area contributed by atoms with Crippen molar-refractivity contribution in [3.63, 3.8) is 0 Å². The Morgan fingerprint density at radius 2 is 1.61 bits per heavy atom. The molecule has 0 saturated heterocycles. The van der Waals surface area contributed by atoms with Gasteiger partial charge in [0.05, 0.1) is 31.4 Å². The largest absolute Gasteiger partial charge is 0.494 e. The van der Waals surface area contributed by atoms with Gasteiger partial charge in [-0.3, -0.25) is 13.9 Å². The predicted octanol–water partition coefficient (Wildman–Crippen LogP) is 4.94. The molecule has 44 heavy (non-hydrogen) atoms. The van der Waals surface area contributed by atoms with Crippen LogP contribution in [0.1, 0.15) is 44.7 Å². The second-order valence-corrected chi connectivity index (χ2v) is 12.0. The van der Waals surface area contributed by atoms with Crippen LogP contribution < -0.4 is 23.8 Å². The second kappa shape index (κ2) is 16.0. The van der Waals surface area contributed by atoms with E-state index in [1.165, 1.54) is 37.3 Å². The van der Waals surface area contributed by atoms with Crippen LogP contribution in [0.3, 0.4) is 0 Å². The number of aryl methyl sites for hydroxylation is 1. The lowest BCUT2D eigenvalue weighted by Crippen LogP contribution is -2.52. The maximum absolute atomic E-state index is 14.2. The van der Waals surface area contributed by atoms with E-state index < -0.39 is 28.5 Å². The Hall–Kier alpha value is -4.25. The Morgan fingerprint density at radius 3 is 2.20 bits per heavy atom.